The lowest BCUT2D eigenvalue weighted by atomic mass is 9.94. The summed E-state index contributed by atoms with van der Waals surface area (Å²) in [6.45, 7) is 5.28. The summed E-state index contributed by atoms with van der Waals surface area (Å²) in [7, 11) is 0. The summed E-state index contributed by atoms with van der Waals surface area (Å²) in [4.78, 5) is 20.9. The van der Waals surface area contributed by atoms with Crippen molar-refractivity contribution >= 4 is 5.91 Å². The Kier molecular flexibility index (Phi) is 5.29. The Balaban J connectivity index is 1.20. The SMILES string of the molecule is O=C(CCc1n[nH]c2c1CCCC2)N1CCN(CCn2cncn2)CC1. The third kappa shape index (κ3) is 3.95. The van der Waals surface area contributed by atoms with Gasteiger partial charge >= 0.3 is 0 Å². The number of carbonyl (C=O) groups excluding carboxylic acids is 1. The molecule has 1 saturated heterocycles. The van der Waals surface area contributed by atoms with E-state index < -0.39 is 0 Å². The number of H-pyrrole nitrogens is 1. The Labute approximate surface area is 153 Å². The van der Waals surface area contributed by atoms with E-state index in [2.05, 4.69) is 25.2 Å². The Morgan fingerprint density at radius 1 is 1.12 bits per heavy atom. The highest BCUT2D eigenvalue weighted by molar-refractivity contribution is 5.76. The van der Waals surface area contributed by atoms with Crippen LogP contribution in [-0.2, 0) is 30.6 Å². The van der Waals surface area contributed by atoms with Crippen molar-refractivity contribution in [3.8, 4) is 0 Å². The summed E-state index contributed by atoms with van der Waals surface area (Å²) in [5.74, 6) is 0.258. The van der Waals surface area contributed by atoms with Gasteiger partial charge in [0.05, 0.1) is 12.2 Å². The quantitative estimate of drug-likeness (QED) is 0.821. The Bertz CT molecular complexity index is 716. The number of nitrogens with zero attached hydrogens (tertiary/aromatic N) is 6. The Morgan fingerprint density at radius 2 is 1.96 bits per heavy atom. The van der Waals surface area contributed by atoms with Gasteiger partial charge < -0.3 is 4.90 Å². The minimum absolute atomic E-state index is 0.258. The lowest BCUT2D eigenvalue weighted by molar-refractivity contribution is -0.132. The summed E-state index contributed by atoms with van der Waals surface area (Å²) < 4.78 is 1.85. The smallest absolute Gasteiger partial charge is 0.223 e. The van der Waals surface area contributed by atoms with E-state index in [4.69, 9.17) is 0 Å². The van der Waals surface area contributed by atoms with Gasteiger partial charge in [-0.05, 0) is 31.2 Å². The van der Waals surface area contributed by atoms with Crippen molar-refractivity contribution in [1.82, 2.24) is 34.8 Å². The van der Waals surface area contributed by atoms with Crippen molar-refractivity contribution in [3.05, 3.63) is 29.6 Å². The fraction of sp³-hybridized carbons (Fsp3) is 0.667. The zero-order chi connectivity index (χ0) is 17.8. The molecule has 2 aromatic heterocycles. The van der Waals surface area contributed by atoms with E-state index in [0.29, 0.717) is 6.42 Å². The number of hydrogen-bond donors (Lipinski definition) is 1. The zero-order valence-corrected chi connectivity index (χ0v) is 15.2. The number of carbonyl (C=O) groups is 1. The van der Waals surface area contributed by atoms with Crippen LogP contribution in [0.1, 0.15) is 36.2 Å². The summed E-state index contributed by atoms with van der Waals surface area (Å²) in [6.07, 6.45) is 9.33. The predicted molar refractivity (Wildman–Crippen MR) is 96.6 cm³/mol. The molecule has 1 aliphatic carbocycles. The summed E-state index contributed by atoms with van der Waals surface area (Å²) >= 11 is 0. The van der Waals surface area contributed by atoms with Crippen molar-refractivity contribution in [2.75, 3.05) is 32.7 Å². The standard InChI is InChI=1S/C18H27N7O/c26-18(6-5-17-15-3-1-2-4-16(15)21-22-17)24-10-7-23(8-11-24)9-12-25-14-19-13-20-25/h13-14H,1-12H2,(H,21,22). The van der Waals surface area contributed by atoms with Gasteiger partial charge in [-0.15, -0.1) is 0 Å². The largest absolute Gasteiger partial charge is 0.340 e. The fourth-order valence-electron chi connectivity index (χ4n) is 3.95. The highest BCUT2D eigenvalue weighted by Crippen LogP contribution is 2.23. The maximum absolute atomic E-state index is 12.6. The number of rotatable bonds is 6. The van der Waals surface area contributed by atoms with Crippen LogP contribution in [0.2, 0.25) is 0 Å². The van der Waals surface area contributed by atoms with Crippen molar-refractivity contribution in [3.63, 3.8) is 0 Å². The fourth-order valence-corrected chi connectivity index (χ4v) is 3.95. The molecule has 2 aromatic rings. The molecule has 140 valence electrons. The highest BCUT2D eigenvalue weighted by atomic mass is 16.2. The first-order valence-electron chi connectivity index (χ1n) is 9.67. The molecule has 4 rings (SSSR count). The molecule has 0 aromatic carbocycles. The van der Waals surface area contributed by atoms with Gasteiger partial charge in [0.15, 0.2) is 0 Å². The molecule has 8 heteroatoms. The van der Waals surface area contributed by atoms with E-state index >= 15 is 0 Å². The Morgan fingerprint density at radius 3 is 2.77 bits per heavy atom. The van der Waals surface area contributed by atoms with E-state index in [-0.39, 0.29) is 5.91 Å². The minimum Gasteiger partial charge on any atom is -0.340 e. The molecule has 0 unspecified atom stereocenters. The lowest BCUT2D eigenvalue weighted by Gasteiger charge is -2.34. The number of fused-ring (bicyclic) bond motifs is 1. The number of aromatic nitrogens is 5. The average Bonchev–Trinajstić information content (AvgIpc) is 3.35. The van der Waals surface area contributed by atoms with Crippen LogP contribution in [-0.4, -0.2) is 73.4 Å². The predicted octanol–water partition coefficient (Wildman–Crippen LogP) is 0.657. The van der Waals surface area contributed by atoms with Crippen molar-refractivity contribution < 1.29 is 4.79 Å². The van der Waals surface area contributed by atoms with E-state index in [1.807, 2.05) is 9.58 Å². The average molecular weight is 357 g/mol. The molecule has 1 fully saturated rings. The van der Waals surface area contributed by atoms with Crippen LogP contribution in [0.15, 0.2) is 12.7 Å². The summed E-state index contributed by atoms with van der Waals surface area (Å²) in [5, 5.41) is 11.8. The number of amides is 1. The molecular formula is C18H27N7O. The van der Waals surface area contributed by atoms with Gasteiger partial charge in [0.1, 0.15) is 12.7 Å². The van der Waals surface area contributed by atoms with Crippen LogP contribution in [0.25, 0.3) is 0 Å². The van der Waals surface area contributed by atoms with Crippen molar-refractivity contribution in [1.29, 1.82) is 0 Å². The molecule has 0 radical (unpaired) electrons. The summed E-state index contributed by atoms with van der Waals surface area (Å²) in [6, 6.07) is 0. The maximum Gasteiger partial charge on any atom is 0.223 e. The number of piperazine rings is 1. The second-order valence-electron chi connectivity index (χ2n) is 7.22. The highest BCUT2D eigenvalue weighted by Gasteiger charge is 2.22. The Hall–Kier alpha value is -2.22. The maximum atomic E-state index is 12.6. The molecule has 1 N–H and O–H groups in total. The second kappa shape index (κ2) is 7.99. The van der Waals surface area contributed by atoms with Crippen molar-refractivity contribution in [2.45, 2.75) is 45.1 Å². The number of nitrogens with one attached hydrogen (secondary N) is 1. The molecule has 3 heterocycles. The van der Waals surface area contributed by atoms with Crippen LogP contribution >= 0.6 is 0 Å². The van der Waals surface area contributed by atoms with E-state index in [1.54, 1.807) is 12.7 Å². The van der Waals surface area contributed by atoms with Gasteiger partial charge in [-0.1, -0.05) is 0 Å². The molecule has 0 atom stereocenters. The van der Waals surface area contributed by atoms with E-state index in [9.17, 15) is 4.79 Å². The van der Waals surface area contributed by atoms with E-state index in [0.717, 1.165) is 64.2 Å². The second-order valence-corrected chi connectivity index (χ2v) is 7.22. The monoisotopic (exact) mass is 357 g/mol. The summed E-state index contributed by atoms with van der Waals surface area (Å²) in [5.41, 5.74) is 3.78. The van der Waals surface area contributed by atoms with E-state index in [1.165, 1.54) is 24.1 Å². The number of hydrogen-bond acceptors (Lipinski definition) is 5. The van der Waals surface area contributed by atoms with Crippen LogP contribution in [0.5, 0.6) is 0 Å². The molecule has 1 amide bonds. The molecule has 0 spiro atoms. The molecule has 0 saturated carbocycles. The van der Waals surface area contributed by atoms with Gasteiger partial charge in [-0.3, -0.25) is 19.5 Å². The van der Waals surface area contributed by atoms with Crippen LogP contribution in [0.4, 0.5) is 0 Å². The third-order valence-electron chi connectivity index (χ3n) is 5.55. The van der Waals surface area contributed by atoms with Crippen LogP contribution in [0.3, 0.4) is 0 Å². The zero-order valence-electron chi connectivity index (χ0n) is 15.2. The normalized spacial score (nSPS) is 18.1. The van der Waals surface area contributed by atoms with Gasteiger partial charge in [0.25, 0.3) is 0 Å². The third-order valence-corrected chi connectivity index (χ3v) is 5.55. The van der Waals surface area contributed by atoms with Crippen molar-refractivity contribution in [2.24, 2.45) is 0 Å². The molecule has 0 bridgehead atoms. The number of aryl methyl sites for hydroxylation is 2. The molecule has 26 heavy (non-hydrogen) atoms. The molecular weight excluding hydrogens is 330 g/mol. The van der Waals surface area contributed by atoms with Gasteiger partial charge in [-0.25, -0.2) is 4.98 Å². The molecule has 1 aliphatic heterocycles. The number of aromatic amines is 1. The lowest BCUT2D eigenvalue weighted by Crippen LogP contribution is -2.49. The van der Waals surface area contributed by atoms with Gasteiger partial charge in [0, 0.05) is 51.3 Å². The van der Waals surface area contributed by atoms with Gasteiger partial charge in [-0.2, -0.15) is 10.2 Å². The first kappa shape index (κ1) is 17.2. The topological polar surface area (TPSA) is 82.9 Å². The molecule has 8 nitrogen and oxygen atoms in total. The first-order chi connectivity index (χ1) is 12.8. The minimum atomic E-state index is 0.258. The molecule has 2 aliphatic rings. The first-order valence-corrected chi connectivity index (χ1v) is 9.67. The van der Waals surface area contributed by atoms with Crippen LogP contribution in [0, 0.1) is 0 Å². The van der Waals surface area contributed by atoms with Gasteiger partial charge in [0.2, 0.25) is 5.91 Å². The van der Waals surface area contributed by atoms with Crippen LogP contribution < -0.4 is 0 Å².